The van der Waals surface area contributed by atoms with E-state index >= 15 is 0 Å². The SMILES string of the molecule is CC1=CC(=O)N(CC2(N)CCC2)C1=O. The minimum Gasteiger partial charge on any atom is -0.324 e. The molecule has 0 radical (unpaired) electrons. The first-order valence-electron chi connectivity index (χ1n) is 4.85. The number of hydrogen-bond acceptors (Lipinski definition) is 3. The Bertz CT molecular complexity index is 329. The molecule has 0 atom stereocenters. The van der Waals surface area contributed by atoms with Crippen LogP contribution in [-0.4, -0.2) is 28.8 Å². The summed E-state index contributed by atoms with van der Waals surface area (Å²) in [6, 6.07) is 0. The van der Waals surface area contributed by atoms with Crippen LogP contribution >= 0.6 is 0 Å². The highest BCUT2D eigenvalue weighted by Gasteiger charge is 2.39. The molecule has 4 nitrogen and oxygen atoms in total. The molecule has 0 aromatic carbocycles. The molecule has 0 aromatic rings. The van der Waals surface area contributed by atoms with Crippen molar-refractivity contribution in [1.29, 1.82) is 0 Å². The number of amides is 2. The molecule has 4 heteroatoms. The molecule has 2 rings (SSSR count). The van der Waals surface area contributed by atoms with E-state index in [0.717, 1.165) is 19.3 Å². The van der Waals surface area contributed by atoms with Crippen LogP contribution in [0.4, 0.5) is 0 Å². The number of carbonyl (C=O) groups excluding carboxylic acids is 2. The lowest BCUT2D eigenvalue weighted by Crippen LogP contribution is -2.56. The maximum absolute atomic E-state index is 11.5. The molecule has 1 aliphatic heterocycles. The summed E-state index contributed by atoms with van der Waals surface area (Å²) >= 11 is 0. The summed E-state index contributed by atoms with van der Waals surface area (Å²) in [5, 5.41) is 0. The fourth-order valence-corrected chi connectivity index (χ4v) is 1.89. The van der Waals surface area contributed by atoms with Gasteiger partial charge >= 0.3 is 0 Å². The highest BCUT2D eigenvalue weighted by atomic mass is 16.2. The van der Waals surface area contributed by atoms with E-state index in [9.17, 15) is 9.59 Å². The van der Waals surface area contributed by atoms with Crippen LogP contribution in [0.25, 0.3) is 0 Å². The van der Waals surface area contributed by atoms with Crippen LogP contribution in [0.1, 0.15) is 26.2 Å². The summed E-state index contributed by atoms with van der Waals surface area (Å²) in [6.45, 7) is 2.03. The molecule has 1 heterocycles. The van der Waals surface area contributed by atoms with Crippen molar-refractivity contribution < 1.29 is 9.59 Å². The van der Waals surface area contributed by atoms with Crippen LogP contribution in [0.3, 0.4) is 0 Å². The molecular weight excluding hydrogens is 180 g/mol. The van der Waals surface area contributed by atoms with E-state index in [1.807, 2.05) is 0 Å². The third kappa shape index (κ3) is 1.35. The van der Waals surface area contributed by atoms with E-state index in [1.54, 1.807) is 6.92 Å². The largest absolute Gasteiger partial charge is 0.324 e. The third-order valence-electron chi connectivity index (χ3n) is 3.01. The Hall–Kier alpha value is -1.16. The zero-order valence-corrected chi connectivity index (χ0v) is 8.25. The number of imide groups is 1. The van der Waals surface area contributed by atoms with E-state index in [0.29, 0.717) is 12.1 Å². The summed E-state index contributed by atoms with van der Waals surface area (Å²) < 4.78 is 0. The summed E-state index contributed by atoms with van der Waals surface area (Å²) in [7, 11) is 0. The fourth-order valence-electron chi connectivity index (χ4n) is 1.89. The number of rotatable bonds is 2. The zero-order chi connectivity index (χ0) is 10.3. The number of hydrogen-bond donors (Lipinski definition) is 1. The summed E-state index contributed by atoms with van der Waals surface area (Å²) in [5.41, 5.74) is 6.18. The quantitative estimate of drug-likeness (QED) is 0.638. The minimum absolute atomic E-state index is 0.188. The van der Waals surface area contributed by atoms with Crippen LogP contribution in [0, 0.1) is 0 Å². The molecule has 0 aromatic heterocycles. The average molecular weight is 194 g/mol. The fraction of sp³-hybridized carbons (Fsp3) is 0.600. The minimum atomic E-state index is -0.316. The van der Waals surface area contributed by atoms with E-state index in [-0.39, 0.29) is 17.4 Å². The Labute approximate surface area is 82.7 Å². The van der Waals surface area contributed by atoms with Crippen LogP contribution in [-0.2, 0) is 9.59 Å². The highest BCUT2D eigenvalue weighted by Crippen LogP contribution is 2.31. The molecule has 0 spiro atoms. The zero-order valence-electron chi connectivity index (χ0n) is 8.25. The van der Waals surface area contributed by atoms with Gasteiger partial charge in [-0.3, -0.25) is 14.5 Å². The van der Waals surface area contributed by atoms with Crippen molar-refractivity contribution >= 4 is 11.8 Å². The van der Waals surface area contributed by atoms with Crippen LogP contribution < -0.4 is 5.73 Å². The van der Waals surface area contributed by atoms with Gasteiger partial charge in [0.15, 0.2) is 0 Å². The van der Waals surface area contributed by atoms with E-state index in [1.165, 1.54) is 11.0 Å². The molecule has 1 aliphatic carbocycles. The van der Waals surface area contributed by atoms with Gasteiger partial charge in [0.05, 0.1) is 0 Å². The normalized spacial score (nSPS) is 25.0. The van der Waals surface area contributed by atoms with Crippen LogP contribution in [0.2, 0.25) is 0 Å². The monoisotopic (exact) mass is 194 g/mol. The van der Waals surface area contributed by atoms with Gasteiger partial charge in [0.25, 0.3) is 11.8 Å². The van der Waals surface area contributed by atoms with Crippen molar-refractivity contribution in [3.8, 4) is 0 Å². The van der Waals surface area contributed by atoms with Crippen molar-refractivity contribution in [2.24, 2.45) is 5.73 Å². The Balaban J connectivity index is 2.06. The Morgan fingerprint density at radius 2 is 2.14 bits per heavy atom. The molecule has 0 saturated heterocycles. The second-order valence-electron chi connectivity index (χ2n) is 4.27. The van der Waals surface area contributed by atoms with Crippen molar-refractivity contribution in [1.82, 2.24) is 4.90 Å². The summed E-state index contributed by atoms with van der Waals surface area (Å²) in [6.07, 6.45) is 4.29. The third-order valence-corrected chi connectivity index (χ3v) is 3.01. The van der Waals surface area contributed by atoms with Crippen molar-refractivity contribution in [3.05, 3.63) is 11.6 Å². The van der Waals surface area contributed by atoms with Gasteiger partial charge in [-0.1, -0.05) is 0 Å². The lowest BCUT2D eigenvalue weighted by molar-refractivity contribution is -0.138. The van der Waals surface area contributed by atoms with Gasteiger partial charge in [0, 0.05) is 23.7 Å². The van der Waals surface area contributed by atoms with Gasteiger partial charge in [-0.05, 0) is 26.2 Å². The molecule has 1 saturated carbocycles. The standard InChI is InChI=1S/C10H14N2O2/c1-7-5-8(13)12(9(7)14)6-10(11)3-2-4-10/h5H,2-4,6,11H2,1H3. The number of carbonyl (C=O) groups is 2. The van der Waals surface area contributed by atoms with Gasteiger partial charge in [0.1, 0.15) is 0 Å². The lowest BCUT2D eigenvalue weighted by atomic mass is 9.77. The molecule has 2 aliphatic rings. The molecule has 76 valence electrons. The second-order valence-corrected chi connectivity index (χ2v) is 4.27. The smallest absolute Gasteiger partial charge is 0.256 e. The van der Waals surface area contributed by atoms with Gasteiger partial charge in [-0.15, -0.1) is 0 Å². The van der Waals surface area contributed by atoms with Crippen molar-refractivity contribution in [2.75, 3.05) is 6.54 Å². The first kappa shape index (κ1) is 9.40. The van der Waals surface area contributed by atoms with Crippen LogP contribution in [0.15, 0.2) is 11.6 Å². The van der Waals surface area contributed by atoms with Gasteiger partial charge in [0.2, 0.25) is 0 Å². The van der Waals surface area contributed by atoms with Gasteiger partial charge in [-0.2, -0.15) is 0 Å². The molecule has 14 heavy (non-hydrogen) atoms. The molecule has 2 N–H and O–H groups in total. The predicted molar refractivity (Wildman–Crippen MR) is 51.2 cm³/mol. The van der Waals surface area contributed by atoms with E-state index in [2.05, 4.69) is 0 Å². The molecule has 1 fully saturated rings. The number of nitrogens with two attached hydrogens (primary N) is 1. The maximum Gasteiger partial charge on any atom is 0.256 e. The van der Waals surface area contributed by atoms with E-state index < -0.39 is 0 Å². The first-order valence-corrected chi connectivity index (χ1v) is 4.85. The van der Waals surface area contributed by atoms with E-state index in [4.69, 9.17) is 5.73 Å². The first-order chi connectivity index (χ1) is 6.52. The van der Waals surface area contributed by atoms with Crippen molar-refractivity contribution in [3.63, 3.8) is 0 Å². The molecule has 0 bridgehead atoms. The van der Waals surface area contributed by atoms with Gasteiger partial charge < -0.3 is 5.73 Å². The molecule has 2 amide bonds. The second kappa shape index (κ2) is 2.92. The molecular formula is C10H14N2O2. The lowest BCUT2D eigenvalue weighted by Gasteiger charge is -2.40. The Morgan fingerprint density at radius 3 is 2.50 bits per heavy atom. The average Bonchev–Trinajstić information content (AvgIpc) is 2.29. The number of nitrogens with zero attached hydrogens (tertiary/aromatic N) is 1. The topological polar surface area (TPSA) is 63.4 Å². The summed E-state index contributed by atoms with van der Waals surface area (Å²) in [5.74, 6) is -0.407. The molecule has 0 unspecified atom stereocenters. The highest BCUT2D eigenvalue weighted by molar-refractivity contribution is 6.15. The van der Waals surface area contributed by atoms with Crippen molar-refractivity contribution in [2.45, 2.75) is 31.7 Å². The Morgan fingerprint density at radius 1 is 1.50 bits per heavy atom. The maximum atomic E-state index is 11.5. The summed E-state index contributed by atoms with van der Waals surface area (Å²) in [4.78, 5) is 24.2. The van der Waals surface area contributed by atoms with Crippen LogP contribution in [0.5, 0.6) is 0 Å². The predicted octanol–water partition coefficient (Wildman–Crippen LogP) is 0.183. The Kier molecular flexibility index (Phi) is 1.96. The van der Waals surface area contributed by atoms with Gasteiger partial charge in [-0.25, -0.2) is 0 Å².